The second-order valence-corrected chi connectivity index (χ2v) is 7.25. The van der Waals surface area contributed by atoms with E-state index in [-0.39, 0.29) is 18.4 Å². The molecular formula is C19H23N5O3. The van der Waals surface area contributed by atoms with E-state index in [1.165, 1.54) is 0 Å². The Morgan fingerprint density at radius 3 is 2.93 bits per heavy atom. The summed E-state index contributed by atoms with van der Waals surface area (Å²) in [7, 11) is 0. The molecular weight excluding hydrogens is 346 g/mol. The number of nitrogens with zero attached hydrogens (tertiary/aromatic N) is 4. The number of hydrogen-bond acceptors (Lipinski definition) is 5. The zero-order valence-electron chi connectivity index (χ0n) is 15.6. The van der Waals surface area contributed by atoms with Crippen LogP contribution < -0.4 is 10.1 Å². The summed E-state index contributed by atoms with van der Waals surface area (Å²) in [6.07, 6.45) is 1.60. The molecule has 0 aliphatic carbocycles. The summed E-state index contributed by atoms with van der Waals surface area (Å²) in [5.74, 6) is 1.79. The van der Waals surface area contributed by atoms with Gasteiger partial charge in [-0.3, -0.25) is 9.59 Å². The molecule has 2 aliphatic heterocycles. The zero-order chi connectivity index (χ0) is 19.0. The number of aromatic nitrogens is 3. The Kier molecular flexibility index (Phi) is 4.33. The second kappa shape index (κ2) is 6.68. The smallest absolute Gasteiger partial charge is 0.255 e. The fourth-order valence-corrected chi connectivity index (χ4v) is 3.83. The minimum absolute atomic E-state index is 0.0190. The van der Waals surface area contributed by atoms with E-state index >= 15 is 0 Å². The molecule has 8 heteroatoms. The van der Waals surface area contributed by atoms with Gasteiger partial charge in [-0.05, 0) is 38.8 Å². The van der Waals surface area contributed by atoms with Crippen LogP contribution in [0.15, 0.2) is 24.3 Å². The Morgan fingerprint density at radius 1 is 1.33 bits per heavy atom. The molecule has 1 fully saturated rings. The van der Waals surface area contributed by atoms with E-state index in [1.807, 2.05) is 32.0 Å². The lowest BCUT2D eigenvalue weighted by Crippen LogP contribution is -2.58. The van der Waals surface area contributed by atoms with Crippen LogP contribution in [-0.4, -0.2) is 56.7 Å². The quantitative estimate of drug-likeness (QED) is 0.856. The maximum atomic E-state index is 12.8. The second-order valence-electron chi connectivity index (χ2n) is 7.25. The van der Waals surface area contributed by atoms with Crippen molar-refractivity contribution >= 4 is 11.8 Å². The number of amides is 2. The molecule has 1 spiro atoms. The van der Waals surface area contributed by atoms with Gasteiger partial charge in [0, 0.05) is 6.54 Å². The van der Waals surface area contributed by atoms with Crippen LogP contribution in [0, 0.1) is 13.8 Å². The molecule has 3 heterocycles. The standard InChI is InChI=1S/C19H23N5O3/c1-13-21-14(2)24(22-13)10-17(25)23-9-5-8-19(12-23)11-20-18(26)15-6-3-4-7-16(15)27-19/h3-4,6-7H,5,8-12H2,1-2H3,(H,20,26)/t19-/m0/s1. The lowest BCUT2D eigenvalue weighted by atomic mass is 9.92. The molecule has 8 nitrogen and oxygen atoms in total. The molecule has 0 radical (unpaired) electrons. The minimum Gasteiger partial charge on any atom is -0.483 e. The lowest BCUT2D eigenvalue weighted by Gasteiger charge is -2.42. The fraction of sp³-hybridized carbons (Fsp3) is 0.474. The number of nitrogens with one attached hydrogen (secondary N) is 1. The Labute approximate surface area is 157 Å². The van der Waals surface area contributed by atoms with Crippen LogP contribution >= 0.6 is 0 Å². The molecule has 1 aromatic carbocycles. The highest BCUT2D eigenvalue weighted by Gasteiger charge is 2.42. The average Bonchev–Trinajstić information content (AvgIpc) is 2.90. The van der Waals surface area contributed by atoms with Gasteiger partial charge in [0.05, 0.1) is 18.7 Å². The fourth-order valence-electron chi connectivity index (χ4n) is 3.83. The molecule has 1 atom stereocenters. The number of carbonyl (C=O) groups is 2. The third-order valence-electron chi connectivity index (χ3n) is 5.17. The molecule has 27 heavy (non-hydrogen) atoms. The Balaban J connectivity index is 1.53. The average molecular weight is 369 g/mol. The van der Waals surface area contributed by atoms with Gasteiger partial charge in [-0.25, -0.2) is 9.67 Å². The molecule has 0 bridgehead atoms. The molecule has 2 aliphatic rings. The third-order valence-corrected chi connectivity index (χ3v) is 5.17. The Bertz CT molecular complexity index is 893. The number of hydrogen-bond donors (Lipinski definition) is 1. The van der Waals surface area contributed by atoms with Crippen molar-refractivity contribution < 1.29 is 14.3 Å². The summed E-state index contributed by atoms with van der Waals surface area (Å²) < 4.78 is 7.93. The number of rotatable bonds is 2. The maximum Gasteiger partial charge on any atom is 0.255 e. The SMILES string of the molecule is Cc1nc(C)n(CC(=O)N2CCC[C@]3(CNC(=O)c4ccccc4O3)C2)n1. The molecule has 0 saturated carbocycles. The lowest BCUT2D eigenvalue weighted by molar-refractivity contribution is -0.137. The van der Waals surface area contributed by atoms with Crippen LogP contribution in [0.2, 0.25) is 0 Å². The van der Waals surface area contributed by atoms with E-state index in [9.17, 15) is 9.59 Å². The highest BCUT2D eigenvalue weighted by molar-refractivity contribution is 5.97. The first-order valence-corrected chi connectivity index (χ1v) is 9.18. The van der Waals surface area contributed by atoms with Gasteiger partial charge in [0.15, 0.2) is 0 Å². The van der Waals surface area contributed by atoms with Gasteiger partial charge in [-0.15, -0.1) is 0 Å². The van der Waals surface area contributed by atoms with E-state index < -0.39 is 5.60 Å². The van der Waals surface area contributed by atoms with Crippen molar-refractivity contribution in [1.29, 1.82) is 0 Å². The van der Waals surface area contributed by atoms with Gasteiger partial charge in [0.1, 0.15) is 29.5 Å². The number of benzene rings is 1. The number of para-hydroxylation sites is 1. The molecule has 0 unspecified atom stereocenters. The molecule has 2 amide bonds. The van der Waals surface area contributed by atoms with Crippen molar-refractivity contribution in [1.82, 2.24) is 25.0 Å². The van der Waals surface area contributed by atoms with Crippen molar-refractivity contribution in [2.24, 2.45) is 0 Å². The van der Waals surface area contributed by atoms with E-state index in [4.69, 9.17) is 4.74 Å². The van der Waals surface area contributed by atoms with E-state index in [1.54, 1.807) is 15.6 Å². The summed E-state index contributed by atoms with van der Waals surface area (Å²) in [6.45, 7) is 5.30. The molecule has 1 aromatic heterocycles. The Hall–Kier alpha value is -2.90. The van der Waals surface area contributed by atoms with Gasteiger partial charge in [0.25, 0.3) is 5.91 Å². The monoisotopic (exact) mass is 369 g/mol. The van der Waals surface area contributed by atoms with Gasteiger partial charge in [0.2, 0.25) is 5.91 Å². The van der Waals surface area contributed by atoms with E-state index in [0.29, 0.717) is 36.8 Å². The number of aryl methyl sites for hydroxylation is 2. The van der Waals surface area contributed by atoms with E-state index in [0.717, 1.165) is 18.7 Å². The van der Waals surface area contributed by atoms with Crippen LogP contribution in [0.5, 0.6) is 5.75 Å². The first-order chi connectivity index (χ1) is 13.0. The third kappa shape index (κ3) is 3.39. The number of piperidine rings is 1. The topological polar surface area (TPSA) is 89.4 Å². The highest BCUT2D eigenvalue weighted by atomic mass is 16.5. The van der Waals surface area contributed by atoms with E-state index in [2.05, 4.69) is 15.4 Å². The summed E-state index contributed by atoms with van der Waals surface area (Å²) in [6, 6.07) is 7.24. The highest BCUT2D eigenvalue weighted by Crippen LogP contribution is 2.32. The largest absolute Gasteiger partial charge is 0.483 e. The normalized spacial score (nSPS) is 22.0. The molecule has 1 saturated heterocycles. The molecule has 2 aromatic rings. The Morgan fingerprint density at radius 2 is 2.15 bits per heavy atom. The zero-order valence-corrected chi connectivity index (χ0v) is 15.6. The van der Waals surface area contributed by atoms with Crippen molar-refractivity contribution in [2.45, 2.75) is 38.8 Å². The number of fused-ring (bicyclic) bond motifs is 1. The maximum absolute atomic E-state index is 12.8. The number of ether oxygens (including phenoxy) is 1. The van der Waals surface area contributed by atoms with Crippen molar-refractivity contribution in [3.63, 3.8) is 0 Å². The van der Waals surface area contributed by atoms with Crippen LogP contribution in [-0.2, 0) is 11.3 Å². The van der Waals surface area contributed by atoms with Crippen molar-refractivity contribution in [3.8, 4) is 5.75 Å². The predicted molar refractivity (Wildman–Crippen MR) is 97.4 cm³/mol. The van der Waals surface area contributed by atoms with Gasteiger partial charge in [-0.2, -0.15) is 5.10 Å². The molecule has 4 rings (SSSR count). The predicted octanol–water partition coefficient (Wildman–Crippen LogP) is 1.08. The van der Waals surface area contributed by atoms with Crippen molar-refractivity contribution in [3.05, 3.63) is 41.5 Å². The van der Waals surface area contributed by atoms with Crippen LogP contribution in [0.4, 0.5) is 0 Å². The van der Waals surface area contributed by atoms with Gasteiger partial charge in [-0.1, -0.05) is 12.1 Å². The number of carbonyl (C=O) groups excluding carboxylic acids is 2. The molecule has 1 N–H and O–H groups in total. The van der Waals surface area contributed by atoms with Crippen LogP contribution in [0.3, 0.4) is 0 Å². The van der Waals surface area contributed by atoms with Crippen molar-refractivity contribution in [2.75, 3.05) is 19.6 Å². The summed E-state index contributed by atoms with van der Waals surface area (Å²) >= 11 is 0. The summed E-state index contributed by atoms with van der Waals surface area (Å²) in [5.41, 5.74) is -0.0738. The first kappa shape index (κ1) is 17.5. The number of likely N-dealkylation sites (tertiary alicyclic amines) is 1. The first-order valence-electron chi connectivity index (χ1n) is 9.18. The molecule has 142 valence electrons. The van der Waals surface area contributed by atoms with Crippen LogP contribution in [0.1, 0.15) is 34.8 Å². The van der Waals surface area contributed by atoms with Gasteiger partial charge < -0.3 is 15.0 Å². The summed E-state index contributed by atoms with van der Waals surface area (Å²) in [4.78, 5) is 31.2. The minimum atomic E-state index is -0.608. The summed E-state index contributed by atoms with van der Waals surface area (Å²) in [5, 5.41) is 7.23. The van der Waals surface area contributed by atoms with Crippen LogP contribution in [0.25, 0.3) is 0 Å². The van der Waals surface area contributed by atoms with Gasteiger partial charge >= 0.3 is 0 Å².